The minimum Gasteiger partial charge on any atom is -0.459 e. The van der Waals surface area contributed by atoms with Gasteiger partial charge in [-0.1, -0.05) is 72.3 Å². The third kappa shape index (κ3) is 3.72. The van der Waals surface area contributed by atoms with Crippen LogP contribution in [0.25, 0.3) is 0 Å². The molecule has 1 aromatic heterocycles. The molecule has 7 heteroatoms. The van der Waals surface area contributed by atoms with E-state index in [1.54, 1.807) is 0 Å². The molecule has 1 saturated heterocycles. The van der Waals surface area contributed by atoms with Gasteiger partial charge in [0.05, 0.1) is 5.69 Å². The van der Waals surface area contributed by atoms with Crippen molar-refractivity contribution in [2.45, 2.75) is 31.4 Å². The average molecular weight is 436 g/mol. The lowest BCUT2D eigenvalue weighted by molar-refractivity contribution is -0.148. The number of nitrogens with zero attached hydrogens (tertiary/aromatic N) is 3. The fourth-order valence-corrected chi connectivity index (χ4v) is 4.60. The van der Waals surface area contributed by atoms with E-state index in [1.165, 1.54) is 10.1 Å². The van der Waals surface area contributed by atoms with Gasteiger partial charge in [0, 0.05) is 19.0 Å². The molecule has 3 aromatic rings. The van der Waals surface area contributed by atoms with Crippen LogP contribution in [0.3, 0.4) is 0 Å². The van der Waals surface area contributed by atoms with Gasteiger partial charge in [0.15, 0.2) is 11.0 Å². The zero-order chi connectivity index (χ0) is 21.4. The number of fused-ring (bicyclic) bond motifs is 1. The Bertz CT molecular complexity index is 1160. The predicted octanol–water partition coefficient (Wildman–Crippen LogP) is 3.73. The van der Waals surface area contributed by atoms with E-state index >= 15 is 0 Å². The summed E-state index contributed by atoms with van der Waals surface area (Å²) in [4.78, 5) is 32.4. The number of esters is 1. The van der Waals surface area contributed by atoms with Crippen LogP contribution in [-0.4, -0.2) is 28.6 Å². The monoisotopic (exact) mass is 435 g/mol. The largest absolute Gasteiger partial charge is 0.459 e. The quantitative estimate of drug-likeness (QED) is 0.571. The Balaban J connectivity index is 1.35. The lowest BCUT2D eigenvalue weighted by Gasteiger charge is -2.40. The van der Waals surface area contributed by atoms with E-state index in [1.807, 2.05) is 53.4 Å². The molecule has 2 aliphatic heterocycles. The van der Waals surface area contributed by atoms with E-state index in [-0.39, 0.29) is 17.3 Å². The molecule has 1 fully saturated rings. The van der Waals surface area contributed by atoms with Crippen LogP contribution in [-0.2, 0) is 22.6 Å². The summed E-state index contributed by atoms with van der Waals surface area (Å²) >= 11 is 6.42. The van der Waals surface area contributed by atoms with Crippen LogP contribution >= 0.6 is 11.6 Å². The van der Waals surface area contributed by atoms with Crippen molar-refractivity contribution in [3.05, 3.63) is 93.0 Å². The Morgan fingerprint density at radius 2 is 1.74 bits per heavy atom. The Morgan fingerprint density at radius 1 is 1.06 bits per heavy atom. The van der Waals surface area contributed by atoms with Gasteiger partial charge in [0.1, 0.15) is 12.6 Å². The second kappa shape index (κ2) is 8.19. The van der Waals surface area contributed by atoms with E-state index in [4.69, 9.17) is 16.3 Å². The summed E-state index contributed by atoms with van der Waals surface area (Å²) in [5, 5.41) is 0.288. The smallest absolute Gasteiger partial charge is 0.329 e. The maximum Gasteiger partial charge on any atom is 0.329 e. The van der Waals surface area contributed by atoms with Crippen LogP contribution in [0.4, 0.5) is 5.82 Å². The average Bonchev–Trinajstić information content (AvgIpc) is 3.22. The first kappa shape index (κ1) is 19.8. The van der Waals surface area contributed by atoms with Crippen LogP contribution in [0.5, 0.6) is 0 Å². The molecule has 0 aliphatic carbocycles. The molecule has 31 heavy (non-hydrogen) atoms. The normalized spacial score (nSPS) is 17.8. The number of halogens is 1. The highest BCUT2D eigenvalue weighted by molar-refractivity contribution is 6.30. The number of benzene rings is 2. The molecule has 0 amide bonds. The van der Waals surface area contributed by atoms with Crippen molar-refractivity contribution in [1.29, 1.82) is 0 Å². The first-order valence-electron chi connectivity index (χ1n) is 10.4. The number of ether oxygens (including phenoxy) is 1. The van der Waals surface area contributed by atoms with Crippen LogP contribution in [0, 0.1) is 0 Å². The van der Waals surface area contributed by atoms with Crippen molar-refractivity contribution < 1.29 is 9.53 Å². The number of hydrogen-bond donors (Lipinski definition) is 0. The molecule has 0 radical (unpaired) electrons. The number of aromatic nitrogens is 2. The molecule has 2 aliphatic rings. The van der Waals surface area contributed by atoms with Gasteiger partial charge >= 0.3 is 5.97 Å². The molecule has 3 heterocycles. The number of carbonyl (C=O) groups excluding carboxylic acids is 1. The molecule has 0 saturated carbocycles. The molecule has 0 bridgehead atoms. The molecule has 158 valence electrons. The van der Waals surface area contributed by atoms with Crippen LogP contribution in [0.15, 0.2) is 65.5 Å². The Kier molecular flexibility index (Phi) is 5.24. The van der Waals surface area contributed by atoms with Gasteiger partial charge in [-0.3, -0.25) is 9.36 Å². The lowest BCUT2D eigenvalue weighted by Crippen LogP contribution is -2.49. The molecule has 0 spiro atoms. The summed E-state index contributed by atoms with van der Waals surface area (Å²) in [6.07, 6.45) is 1.01. The van der Waals surface area contributed by atoms with Crippen LogP contribution in [0.1, 0.15) is 35.2 Å². The van der Waals surface area contributed by atoms with Crippen molar-refractivity contribution in [1.82, 2.24) is 9.55 Å². The highest BCUT2D eigenvalue weighted by Crippen LogP contribution is 2.33. The number of hydrogen-bond acceptors (Lipinski definition) is 5. The molecular weight excluding hydrogens is 414 g/mol. The van der Waals surface area contributed by atoms with Crippen LogP contribution in [0.2, 0.25) is 5.15 Å². The minimum atomic E-state index is -0.670. The zero-order valence-corrected chi connectivity index (χ0v) is 17.7. The SMILES string of the molecule is O=C(OCc1ccccc1)[C@@H]1CCc2c(Cl)nc(N3CC(c4ccccc4)C3)c(=O)n21. The summed E-state index contributed by atoms with van der Waals surface area (Å²) < 4.78 is 7.00. The topological polar surface area (TPSA) is 64.4 Å². The van der Waals surface area contributed by atoms with Crippen molar-refractivity contribution >= 4 is 23.4 Å². The molecule has 5 rings (SSSR count). The fourth-order valence-electron chi connectivity index (χ4n) is 4.33. The van der Waals surface area contributed by atoms with E-state index in [0.717, 1.165) is 5.56 Å². The van der Waals surface area contributed by atoms with E-state index in [9.17, 15) is 9.59 Å². The van der Waals surface area contributed by atoms with Gasteiger partial charge in [-0.25, -0.2) is 9.78 Å². The molecule has 0 unspecified atom stereocenters. The van der Waals surface area contributed by atoms with E-state index in [2.05, 4.69) is 17.1 Å². The summed E-state index contributed by atoms with van der Waals surface area (Å²) in [5.74, 6) is 0.249. The predicted molar refractivity (Wildman–Crippen MR) is 118 cm³/mol. The summed E-state index contributed by atoms with van der Waals surface area (Å²) in [6.45, 7) is 1.58. The van der Waals surface area contributed by atoms with Gasteiger partial charge in [-0.15, -0.1) is 0 Å². The standard InChI is InChI=1S/C24H22ClN3O3/c25-21-19-11-12-20(24(30)31-15-16-7-3-1-4-8-16)28(19)23(29)22(26-21)27-13-18(14-27)17-9-5-2-6-10-17/h1-10,18,20H,11-15H2/t20-/m0/s1. The highest BCUT2D eigenvalue weighted by atomic mass is 35.5. The Labute approximate surface area is 185 Å². The molecule has 6 nitrogen and oxygen atoms in total. The van der Waals surface area contributed by atoms with Crippen molar-refractivity contribution in [3.63, 3.8) is 0 Å². The highest BCUT2D eigenvalue weighted by Gasteiger charge is 2.37. The summed E-state index contributed by atoms with van der Waals surface area (Å²) in [6, 6.07) is 19.0. The first-order chi connectivity index (χ1) is 15.1. The van der Waals surface area contributed by atoms with Gasteiger partial charge < -0.3 is 9.64 Å². The number of rotatable bonds is 5. The van der Waals surface area contributed by atoms with Crippen molar-refractivity contribution in [2.24, 2.45) is 0 Å². The lowest BCUT2D eigenvalue weighted by atomic mass is 9.91. The van der Waals surface area contributed by atoms with E-state index in [0.29, 0.717) is 43.4 Å². The van der Waals surface area contributed by atoms with Gasteiger partial charge in [-0.2, -0.15) is 0 Å². The number of anilines is 1. The minimum absolute atomic E-state index is 0.177. The van der Waals surface area contributed by atoms with Gasteiger partial charge in [0.25, 0.3) is 5.56 Å². The number of carbonyl (C=O) groups is 1. The third-order valence-corrected chi connectivity index (χ3v) is 6.36. The fraction of sp³-hybridized carbons (Fsp3) is 0.292. The Morgan fingerprint density at radius 3 is 2.45 bits per heavy atom. The maximum atomic E-state index is 13.3. The molecule has 0 N–H and O–H groups in total. The van der Waals surface area contributed by atoms with Crippen molar-refractivity contribution in [3.8, 4) is 0 Å². The Hall–Kier alpha value is -3.12. The molecule has 2 aromatic carbocycles. The van der Waals surface area contributed by atoms with Gasteiger partial charge in [0.2, 0.25) is 0 Å². The third-order valence-electron chi connectivity index (χ3n) is 6.06. The summed E-state index contributed by atoms with van der Waals surface area (Å²) in [5.41, 5.74) is 2.48. The molecule has 1 atom stereocenters. The summed E-state index contributed by atoms with van der Waals surface area (Å²) in [7, 11) is 0. The first-order valence-corrected chi connectivity index (χ1v) is 10.8. The second-order valence-corrected chi connectivity index (χ2v) is 8.37. The zero-order valence-electron chi connectivity index (χ0n) is 16.9. The maximum absolute atomic E-state index is 13.3. The van der Waals surface area contributed by atoms with Gasteiger partial charge in [-0.05, 0) is 24.0 Å². The molecular formula is C24H22ClN3O3. The second-order valence-electron chi connectivity index (χ2n) is 8.01. The van der Waals surface area contributed by atoms with E-state index < -0.39 is 12.0 Å². The van der Waals surface area contributed by atoms with Crippen molar-refractivity contribution in [2.75, 3.05) is 18.0 Å². The van der Waals surface area contributed by atoms with Crippen LogP contribution < -0.4 is 10.5 Å².